The fourth-order valence-corrected chi connectivity index (χ4v) is 1.69. The number of hydrogen-bond acceptors (Lipinski definition) is 4. The maximum absolute atomic E-state index is 11.0. The van der Waals surface area contributed by atoms with Crippen LogP contribution >= 0.6 is 0 Å². The fraction of sp³-hybridized carbons (Fsp3) is 0.700. The molecule has 0 spiro atoms. The lowest BCUT2D eigenvalue weighted by Gasteiger charge is -2.15. The molecule has 0 aromatic heterocycles. The number of esters is 1. The van der Waals surface area contributed by atoms with Crippen LogP contribution in [0.25, 0.3) is 0 Å². The smallest absolute Gasteiger partial charge is 0.332 e. The zero-order valence-corrected chi connectivity index (χ0v) is 10.5. The van der Waals surface area contributed by atoms with Crippen molar-refractivity contribution in [3.63, 3.8) is 0 Å². The Bertz CT molecular complexity index is 200. The molecular formula is C10H18O4Si. The molecule has 0 amide bonds. The van der Waals surface area contributed by atoms with E-state index in [4.69, 9.17) is 14.2 Å². The minimum atomic E-state index is -0.366. The Kier molecular flexibility index (Phi) is 8.26. The van der Waals surface area contributed by atoms with Crippen LogP contribution in [0.4, 0.5) is 0 Å². The largest absolute Gasteiger partial charge is 0.466 e. The third-order valence-electron chi connectivity index (χ3n) is 1.44. The van der Waals surface area contributed by atoms with Gasteiger partial charge < -0.3 is 14.2 Å². The van der Waals surface area contributed by atoms with Gasteiger partial charge in [-0.1, -0.05) is 6.58 Å². The molecule has 0 heterocycles. The molecular weight excluding hydrogens is 212 g/mol. The number of carbonyl (C=O) groups is 1. The first-order valence-corrected chi connectivity index (χ1v) is 6.19. The van der Waals surface area contributed by atoms with E-state index >= 15 is 0 Å². The SMILES string of the molecule is C=C(C)C(=O)OC[Si]C(OCC)OCC. The highest BCUT2D eigenvalue weighted by atomic mass is 28.2. The topological polar surface area (TPSA) is 44.8 Å². The third kappa shape index (κ3) is 7.30. The number of carbonyl (C=O) groups excluding carboxylic acids is 1. The molecule has 86 valence electrons. The average Bonchev–Trinajstić information content (AvgIpc) is 2.18. The summed E-state index contributed by atoms with van der Waals surface area (Å²) in [6, 6.07) is 0. The van der Waals surface area contributed by atoms with Crippen molar-refractivity contribution in [2.24, 2.45) is 0 Å². The van der Waals surface area contributed by atoms with Gasteiger partial charge in [0.25, 0.3) is 0 Å². The van der Waals surface area contributed by atoms with Crippen LogP contribution in [0.15, 0.2) is 12.2 Å². The van der Waals surface area contributed by atoms with Crippen LogP contribution < -0.4 is 0 Å². The first kappa shape index (κ1) is 14.3. The van der Waals surface area contributed by atoms with Crippen molar-refractivity contribution in [1.82, 2.24) is 0 Å². The van der Waals surface area contributed by atoms with Gasteiger partial charge in [-0.25, -0.2) is 4.79 Å². The van der Waals surface area contributed by atoms with Crippen molar-refractivity contribution in [2.75, 3.05) is 19.4 Å². The van der Waals surface area contributed by atoms with Crippen LogP contribution in [0.1, 0.15) is 20.8 Å². The highest BCUT2D eigenvalue weighted by molar-refractivity contribution is 6.36. The summed E-state index contributed by atoms with van der Waals surface area (Å²) in [4.78, 5) is 11.0. The fourth-order valence-electron chi connectivity index (χ4n) is 0.767. The van der Waals surface area contributed by atoms with Crippen LogP contribution in [0.2, 0.25) is 0 Å². The van der Waals surface area contributed by atoms with Gasteiger partial charge in [0.2, 0.25) is 0 Å². The minimum absolute atomic E-state index is 0.266. The zero-order chi connectivity index (χ0) is 11.7. The van der Waals surface area contributed by atoms with E-state index in [0.717, 1.165) is 0 Å². The van der Waals surface area contributed by atoms with Crippen molar-refractivity contribution in [1.29, 1.82) is 0 Å². The Morgan fingerprint density at radius 3 is 2.27 bits per heavy atom. The van der Waals surface area contributed by atoms with Gasteiger partial charge >= 0.3 is 5.97 Å². The molecule has 0 aromatic carbocycles. The maximum Gasteiger partial charge on any atom is 0.332 e. The van der Waals surface area contributed by atoms with E-state index in [9.17, 15) is 4.79 Å². The van der Waals surface area contributed by atoms with Gasteiger partial charge in [0.15, 0.2) is 9.52 Å². The molecule has 0 rings (SSSR count). The van der Waals surface area contributed by atoms with E-state index in [1.807, 2.05) is 13.8 Å². The summed E-state index contributed by atoms with van der Waals surface area (Å²) in [5, 5.41) is 0. The summed E-state index contributed by atoms with van der Waals surface area (Å²) in [6.45, 7) is 10.1. The molecule has 2 radical (unpaired) electrons. The van der Waals surface area contributed by atoms with Crippen LogP contribution in [0.5, 0.6) is 0 Å². The predicted molar refractivity (Wildman–Crippen MR) is 58.6 cm³/mol. The Labute approximate surface area is 93.4 Å². The Balaban J connectivity index is 3.69. The van der Waals surface area contributed by atoms with E-state index in [1.54, 1.807) is 6.92 Å². The Hall–Kier alpha value is -0.653. The second-order valence-corrected chi connectivity index (χ2v) is 3.97. The number of rotatable bonds is 8. The molecule has 0 aromatic rings. The normalized spacial score (nSPS) is 10.4. The molecule has 0 saturated carbocycles. The lowest BCUT2D eigenvalue weighted by molar-refractivity contribution is -0.137. The van der Waals surface area contributed by atoms with E-state index in [2.05, 4.69) is 6.58 Å². The molecule has 4 nitrogen and oxygen atoms in total. The van der Waals surface area contributed by atoms with Crippen LogP contribution in [-0.2, 0) is 19.0 Å². The van der Waals surface area contributed by atoms with E-state index in [0.29, 0.717) is 34.5 Å². The first-order valence-electron chi connectivity index (χ1n) is 4.91. The second kappa shape index (κ2) is 8.64. The molecule has 0 unspecified atom stereocenters. The maximum atomic E-state index is 11.0. The van der Waals surface area contributed by atoms with Gasteiger partial charge in [-0.2, -0.15) is 0 Å². The van der Waals surface area contributed by atoms with Gasteiger partial charge in [0.1, 0.15) is 5.91 Å². The van der Waals surface area contributed by atoms with E-state index in [1.165, 1.54) is 0 Å². The second-order valence-electron chi connectivity index (χ2n) is 2.80. The highest BCUT2D eigenvalue weighted by Gasteiger charge is 2.11. The monoisotopic (exact) mass is 230 g/mol. The minimum Gasteiger partial charge on any atom is -0.466 e. The third-order valence-corrected chi connectivity index (χ3v) is 2.42. The number of hydrogen-bond donors (Lipinski definition) is 0. The van der Waals surface area contributed by atoms with Crippen molar-refractivity contribution < 1.29 is 19.0 Å². The quantitative estimate of drug-likeness (QED) is 0.271. The summed E-state index contributed by atoms with van der Waals surface area (Å²) < 4.78 is 15.5. The summed E-state index contributed by atoms with van der Waals surface area (Å²) >= 11 is 0. The molecule has 0 aliphatic carbocycles. The van der Waals surface area contributed by atoms with Crippen molar-refractivity contribution in [3.8, 4) is 0 Å². The van der Waals surface area contributed by atoms with Crippen molar-refractivity contribution in [2.45, 2.75) is 26.7 Å². The zero-order valence-electron chi connectivity index (χ0n) is 9.54. The van der Waals surface area contributed by atoms with Crippen LogP contribution in [0.3, 0.4) is 0 Å². The van der Waals surface area contributed by atoms with Gasteiger partial charge in [-0.05, 0) is 20.8 Å². The van der Waals surface area contributed by atoms with Gasteiger partial charge in [-0.15, -0.1) is 0 Å². The van der Waals surface area contributed by atoms with Gasteiger partial charge in [0, 0.05) is 18.8 Å². The summed E-state index contributed by atoms with van der Waals surface area (Å²) in [6.07, 6.45) is 0.316. The molecule has 0 aliphatic heterocycles. The van der Waals surface area contributed by atoms with Gasteiger partial charge in [0.05, 0.1) is 6.23 Å². The van der Waals surface area contributed by atoms with Gasteiger partial charge in [-0.3, -0.25) is 0 Å². The molecule has 0 aliphatic rings. The summed E-state index contributed by atoms with van der Waals surface area (Å²) in [5.74, 6) is -0.632. The molecule has 0 fully saturated rings. The van der Waals surface area contributed by atoms with Crippen LogP contribution in [-0.4, -0.2) is 40.8 Å². The van der Waals surface area contributed by atoms with Crippen molar-refractivity contribution in [3.05, 3.63) is 12.2 Å². The Morgan fingerprint density at radius 1 is 1.33 bits per heavy atom. The first-order chi connectivity index (χ1) is 7.11. The Morgan fingerprint density at radius 2 is 1.87 bits per heavy atom. The molecule has 0 bridgehead atoms. The summed E-state index contributed by atoms with van der Waals surface area (Å²) in [7, 11) is 0.294. The average molecular weight is 230 g/mol. The predicted octanol–water partition coefficient (Wildman–Crippen LogP) is 1.12. The molecule has 15 heavy (non-hydrogen) atoms. The number of ether oxygens (including phenoxy) is 3. The lowest BCUT2D eigenvalue weighted by atomic mass is 10.4. The lowest BCUT2D eigenvalue weighted by Crippen LogP contribution is -2.29. The van der Waals surface area contributed by atoms with E-state index < -0.39 is 0 Å². The molecule has 0 atom stereocenters. The molecule has 0 N–H and O–H groups in total. The molecule has 5 heteroatoms. The van der Waals surface area contributed by atoms with Crippen LogP contribution in [0, 0.1) is 0 Å². The van der Waals surface area contributed by atoms with E-state index in [-0.39, 0.29) is 11.9 Å². The summed E-state index contributed by atoms with van der Waals surface area (Å²) in [5.41, 5.74) is 0.407. The van der Waals surface area contributed by atoms with Crippen molar-refractivity contribution >= 4 is 15.5 Å². The molecule has 0 saturated heterocycles. The highest BCUT2D eigenvalue weighted by Crippen LogP contribution is 1.96. The standard InChI is InChI=1S/C10H18O4Si/c1-5-12-10(13-6-2)15-7-14-9(11)8(3)4/h10H,3,5-7H2,1-2,4H3.